The monoisotopic (exact) mass is 311 g/mol. The van der Waals surface area contributed by atoms with E-state index in [1.165, 1.54) is 12.1 Å². The van der Waals surface area contributed by atoms with Crippen LogP contribution in [0.5, 0.6) is 0 Å². The molecule has 1 saturated heterocycles. The minimum absolute atomic E-state index is 0.178. The number of nitrogens with zero attached hydrogens (tertiary/aromatic N) is 1. The second-order valence-corrected chi connectivity index (χ2v) is 6.01. The molecule has 5 heteroatoms. The fourth-order valence-electron chi connectivity index (χ4n) is 2.95. The van der Waals surface area contributed by atoms with Crippen LogP contribution in [-0.4, -0.2) is 22.8 Å². The first kappa shape index (κ1) is 15.1. The van der Waals surface area contributed by atoms with E-state index in [2.05, 4.69) is 0 Å². The lowest BCUT2D eigenvalue weighted by Gasteiger charge is -2.29. The summed E-state index contributed by atoms with van der Waals surface area (Å²) in [6, 6.07) is 15.6. The zero-order valence-corrected chi connectivity index (χ0v) is 12.9. The van der Waals surface area contributed by atoms with E-state index in [0.717, 1.165) is 5.56 Å². The summed E-state index contributed by atoms with van der Waals surface area (Å²) in [7, 11) is 0. The number of cyclic esters (lactones) is 1. The van der Waals surface area contributed by atoms with Crippen LogP contribution in [-0.2, 0) is 4.74 Å². The van der Waals surface area contributed by atoms with Crippen molar-refractivity contribution in [2.75, 3.05) is 4.90 Å². The summed E-state index contributed by atoms with van der Waals surface area (Å²) in [6.07, 6.45) is -0.438. The zero-order valence-electron chi connectivity index (χ0n) is 12.9. The number of aromatic carboxylic acids is 1. The number of ether oxygens (including phenoxy) is 1. The third-order valence-corrected chi connectivity index (χ3v) is 3.97. The van der Waals surface area contributed by atoms with Crippen LogP contribution in [0.4, 0.5) is 10.5 Å². The number of anilines is 1. The molecule has 1 fully saturated rings. The van der Waals surface area contributed by atoms with Crippen molar-refractivity contribution < 1.29 is 19.4 Å². The Morgan fingerprint density at radius 2 is 1.70 bits per heavy atom. The Labute approximate surface area is 134 Å². The number of carbonyl (C=O) groups excluding carboxylic acids is 1. The molecule has 1 N–H and O–H groups in total. The summed E-state index contributed by atoms with van der Waals surface area (Å²) in [6.45, 7) is 3.74. The first-order valence-corrected chi connectivity index (χ1v) is 7.30. The van der Waals surface area contributed by atoms with E-state index < -0.39 is 17.7 Å². The van der Waals surface area contributed by atoms with E-state index >= 15 is 0 Å². The van der Waals surface area contributed by atoms with Gasteiger partial charge in [-0.15, -0.1) is 0 Å². The maximum absolute atomic E-state index is 12.4. The SMILES string of the molecule is CC1(C)OC(=O)N(c2ccc(C(=O)O)cc2)[C@H]1c1ccccc1. The molecule has 5 nitrogen and oxygen atoms in total. The summed E-state index contributed by atoms with van der Waals surface area (Å²) < 4.78 is 5.53. The Balaban J connectivity index is 2.04. The molecule has 23 heavy (non-hydrogen) atoms. The Bertz CT molecular complexity index is 737. The van der Waals surface area contributed by atoms with Gasteiger partial charge < -0.3 is 9.84 Å². The Morgan fingerprint density at radius 3 is 2.26 bits per heavy atom. The van der Waals surface area contributed by atoms with Crippen LogP contribution in [0.1, 0.15) is 35.8 Å². The summed E-state index contributed by atoms with van der Waals surface area (Å²) in [5.74, 6) is -1.000. The standard InChI is InChI=1S/C18H17NO4/c1-18(2)15(12-6-4-3-5-7-12)19(17(22)23-18)14-10-8-13(9-11-14)16(20)21/h3-11,15H,1-2H3,(H,20,21)/t15-/m0/s1. The van der Waals surface area contributed by atoms with E-state index in [1.807, 2.05) is 44.2 Å². The molecule has 0 spiro atoms. The molecule has 0 bridgehead atoms. The quantitative estimate of drug-likeness (QED) is 0.934. The summed E-state index contributed by atoms with van der Waals surface area (Å²) in [5, 5.41) is 9.00. The summed E-state index contributed by atoms with van der Waals surface area (Å²) >= 11 is 0. The maximum atomic E-state index is 12.4. The number of carbonyl (C=O) groups is 2. The lowest BCUT2D eigenvalue weighted by atomic mass is 9.91. The molecule has 2 aromatic carbocycles. The van der Waals surface area contributed by atoms with Gasteiger partial charge >= 0.3 is 12.1 Å². The minimum Gasteiger partial charge on any atom is -0.478 e. The number of carboxylic acid groups (broad SMARTS) is 1. The van der Waals surface area contributed by atoms with Crippen LogP contribution < -0.4 is 4.90 Å². The number of benzene rings is 2. The smallest absolute Gasteiger partial charge is 0.415 e. The molecular formula is C18H17NO4. The Kier molecular flexibility index (Phi) is 3.56. The van der Waals surface area contributed by atoms with Gasteiger partial charge in [-0.2, -0.15) is 0 Å². The molecule has 0 unspecified atom stereocenters. The summed E-state index contributed by atoms with van der Waals surface area (Å²) in [5.41, 5.74) is 1.06. The van der Waals surface area contributed by atoms with Gasteiger partial charge in [0.05, 0.1) is 5.56 Å². The van der Waals surface area contributed by atoms with Gasteiger partial charge in [0.25, 0.3) is 0 Å². The highest BCUT2D eigenvalue weighted by molar-refractivity contribution is 5.93. The molecule has 1 aliphatic rings. The van der Waals surface area contributed by atoms with Crippen LogP contribution >= 0.6 is 0 Å². The lowest BCUT2D eigenvalue weighted by Crippen LogP contribution is -2.33. The topological polar surface area (TPSA) is 66.8 Å². The first-order valence-electron chi connectivity index (χ1n) is 7.30. The molecule has 0 aliphatic carbocycles. The van der Waals surface area contributed by atoms with Crippen molar-refractivity contribution in [2.24, 2.45) is 0 Å². The highest BCUT2D eigenvalue weighted by Gasteiger charge is 2.49. The van der Waals surface area contributed by atoms with Gasteiger partial charge in [0.2, 0.25) is 0 Å². The van der Waals surface area contributed by atoms with Gasteiger partial charge in [0.1, 0.15) is 11.6 Å². The molecule has 0 aromatic heterocycles. The highest BCUT2D eigenvalue weighted by atomic mass is 16.6. The lowest BCUT2D eigenvalue weighted by molar-refractivity contribution is 0.0679. The molecule has 118 valence electrons. The van der Waals surface area contributed by atoms with Crippen molar-refractivity contribution in [2.45, 2.75) is 25.5 Å². The average molecular weight is 311 g/mol. The van der Waals surface area contributed by atoms with Crippen LogP contribution in [0.2, 0.25) is 0 Å². The second-order valence-electron chi connectivity index (χ2n) is 6.01. The third kappa shape index (κ3) is 2.65. The molecule has 2 aromatic rings. The Hall–Kier alpha value is -2.82. The number of carboxylic acids is 1. The largest absolute Gasteiger partial charge is 0.478 e. The van der Waals surface area contributed by atoms with Crippen molar-refractivity contribution in [3.8, 4) is 0 Å². The molecule has 1 aliphatic heterocycles. The predicted molar refractivity (Wildman–Crippen MR) is 85.6 cm³/mol. The molecule has 1 heterocycles. The van der Waals surface area contributed by atoms with E-state index in [0.29, 0.717) is 5.69 Å². The van der Waals surface area contributed by atoms with Crippen molar-refractivity contribution in [3.05, 3.63) is 65.7 Å². The normalized spacial score (nSPS) is 19.5. The first-order chi connectivity index (χ1) is 10.9. The van der Waals surface area contributed by atoms with Gasteiger partial charge in [0.15, 0.2) is 0 Å². The van der Waals surface area contributed by atoms with Crippen LogP contribution in [0.25, 0.3) is 0 Å². The van der Waals surface area contributed by atoms with Crippen molar-refractivity contribution >= 4 is 17.7 Å². The molecule has 0 radical (unpaired) electrons. The number of hydrogen-bond acceptors (Lipinski definition) is 3. The van der Waals surface area contributed by atoms with Crippen molar-refractivity contribution in [3.63, 3.8) is 0 Å². The number of hydrogen-bond donors (Lipinski definition) is 1. The molecule has 3 rings (SSSR count). The zero-order chi connectivity index (χ0) is 16.6. The van der Waals surface area contributed by atoms with E-state index in [-0.39, 0.29) is 11.6 Å². The van der Waals surface area contributed by atoms with Gasteiger partial charge in [-0.25, -0.2) is 9.59 Å². The minimum atomic E-state index is -1.000. The summed E-state index contributed by atoms with van der Waals surface area (Å²) in [4.78, 5) is 24.9. The molecular weight excluding hydrogens is 294 g/mol. The predicted octanol–water partition coefficient (Wildman–Crippen LogP) is 3.86. The average Bonchev–Trinajstić information content (AvgIpc) is 2.77. The second kappa shape index (κ2) is 5.43. The fourth-order valence-corrected chi connectivity index (χ4v) is 2.95. The van der Waals surface area contributed by atoms with Crippen molar-refractivity contribution in [1.82, 2.24) is 0 Å². The van der Waals surface area contributed by atoms with Crippen LogP contribution in [0.3, 0.4) is 0 Å². The van der Waals surface area contributed by atoms with E-state index in [4.69, 9.17) is 9.84 Å². The molecule has 1 atom stereocenters. The van der Waals surface area contributed by atoms with Crippen LogP contribution in [0.15, 0.2) is 54.6 Å². The maximum Gasteiger partial charge on any atom is 0.415 e. The fraction of sp³-hybridized carbons (Fsp3) is 0.222. The highest BCUT2D eigenvalue weighted by Crippen LogP contribution is 2.43. The molecule has 0 saturated carbocycles. The number of rotatable bonds is 3. The third-order valence-electron chi connectivity index (χ3n) is 3.97. The van der Waals surface area contributed by atoms with Crippen molar-refractivity contribution in [1.29, 1.82) is 0 Å². The van der Waals surface area contributed by atoms with E-state index in [9.17, 15) is 9.59 Å². The van der Waals surface area contributed by atoms with Gasteiger partial charge in [-0.3, -0.25) is 4.90 Å². The van der Waals surface area contributed by atoms with Gasteiger partial charge in [-0.05, 0) is 43.7 Å². The van der Waals surface area contributed by atoms with Gasteiger partial charge in [-0.1, -0.05) is 30.3 Å². The van der Waals surface area contributed by atoms with E-state index in [1.54, 1.807) is 17.0 Å². The molecule has 1 amide bonds. The van der Waals surface area contributed by atoms with Gasteiger partial charge in [0, 0.05) is 5.69 Å². The number of amides is 1. The Morgan fingerprint density at radius 1 is 1.09 bits per heavy atom. The van der Waals surface area contributed by atoms with Crippen LogP contribution in [0, 0.1) is 0 Å².